The van der Waals surface area contributed by atoms with Gasteiger partial charge in [0.2, 0.25) is 0 Å². The van der Waals surface area contributed by atoms with Gasteiger partial charge in [0.05, 0.1) is 30.6 Å². The molecule has 0 aliphatic rings. The second-order valence-corrected chi connectivity index (χ2v) is 6.95. The maximum atomic E-state index is 12.6. The highest BCUT2D eigenvalue weighted by Crippen LogP contribution is 2.25. The molecule has 0 atom stereocenters. The van der Waals surface area contributed by atoms with Crippen LogP contribution in [0.5, 0.6) is 0 Å². The average molecular weight is 419 g/mol. The summed E-state index contributed by atoms with van der Waals surface area (Å²) in [7, 11) is 0. The summed E-state index contributed by atoms with van der Waals surface area (Å²) in [6, 6.07) is 7.83. The molecule has 0 radical (unpaired) electrons. The van der Waals surface area contributed by atoms with Crippen LogP contribution in [0.4, 0.5) is 11.4 Å². The summed E-state index contributed by atoms with van der Waals surface area (Å²) < 4.78 is 2.23. The molecule has 11 heteroatoms. The van der Waals surface area contributed by atoms with Crippen molar-refractivity contribution in [1.29, 1.82) is 0 Å². The summed E-state index contributed by atoms with van der Waals surface area (Å²) in [5.41, 5.74) is 0.171. The lowest BCUT2D eigenvalue weighted by molar-refractivity contribution is -0.385. The number of carbonyl (C=O) groups excluding carboxylic acids is 1. The first-order valence-electron chi connectivity index (χ1n) is 7.73. The Morgan fingerprint density at radius 2 is 1.82 bits per heavy atom. The van der Waals surface area contributed by atoms with Crippen molar-refractivity contribution in [2.75, 3.05) is 0 Å². The SMILES string of the molecule is C=CCn1c(=NC(=O)c2cc([N+](=O)[O-])ccc2Cl)sc2cc([N+](=O)[O-])ccc21. The molecule has 142 valence electrons. The Kier molecular flexibility index (Phi) is 5.34. The highest BCUT2D eigenvalue weighted by Gasteiger charge is 2.17. The van der Waals surface area contributed by atoms with Crippen LogP contribution in [0.25, 0.3) is 10.2 Å². The fourth-order valence-corrected chi connectivity index (χ4v) is 3.77. The first kappa shape index (κ1) is 19.4. The smallest absolute Gasteiger partial charge is 0.281 e. The fraction of sp³-hybridized carbons (Fsp3) is 0.0588. The van der Waals surface area contributed by atoms with Crippen molar-refractivity contribution in [1.82, 2.24) is 4.57 Å². The lowest BCUT2D eigenvalue weighted by Crippen LogP contribution is -2.16. The number of non-ortho nitro benzene ring substituents is 2. The van der Waals surface area contributed by atoms with E-state index in [0.717, 1.165) is 17.4 Å². The summed E-state index contributed by atoms with van der Waals surface area (Å²) in [6.45, 7) is 3.98. The zero-order valence-electron chi connectivity index (χ0n) is 14.1. The molecule has 28 heavy (non-hydrogen) atoms. The van der Waals surface area contributed by atoms with E-state index in [9.17, 15) is 25.0 Å². The van der Waals surface area contributed by atoms with Crippen LogP contribution in [0.2, 0.25) is 5.02 Å². The molecule has 0 unspecified atom stereocenters. The molecule has 1 aromatic heterocycles. The number of halogens is 1. The van der Waals surface area contributed by atoms with E-state index in [1.54, 1.807) is 16.7 Å². The van der Waals surface area contributed by atoms with Crippen molar-refractivity contribution in [2.24, 2.45) is 4.99 Å². The molecule has 0 saturated heterocycles. The molecule has 0 N–H and O–H groups in total. The van der Waals surface area contributed by atoms with Crippen LogP contribution in [-0.4, -0.2) is 20.3 Å². The van der Waals surface area contributed by atoms with Gasteiger partial charge in [0.1, 0.15) is 0 Å². The molecule has 0 spiro atoms. The Hall–Kier alpha value is -3.37. The third-order valence-electron chi connectivity index (χ3n) is 3.78. The number of amides is 1. The van der Waals surface area contributed by atoms with Gasteiger partial charge in [-0.1, -0.05) is 29.0 Å². The third-order valence-corrected chi connectivity index (χ3v) is 5.15. The van der Waals surface area contributed by atoms with Crippen molar-refractivity contribution in [3.8, 4) is 0 Å². The largest absolute Gasteiger partial charge is 0.312 e. The third kappa shape index (κ3) is 3.68. The van der Waals surface area contributed by atoms with Crippen molar-refractivity contribution < 1.29 is 14.6 Å². The number of benzene rings is 2. The molecule has 0 saturated carbocycles. The highest BCUT2D eigenvalue weighted by molar-refractivity contribution is 7.16. The van der Waals surface area contributed by atoms with Gasteiger partial charge in [0.15, 0.2) is 4.80 Å². The number of carbonyl (C=O) groups is 1. The van der Waals surface area contributed by atoms with E-state index < -0.39 is 15.8 Å². The second kappa shape index (κ2) is 7.71. The summed E-state index contributed by atoms with van der Waals surface area (Å²) >= 11 is 7.08. The number of nitrogens with zero attached hydrogens (tertiary/aromatic N) is 4. The van der Waals surface area contributed by atoms with Crippen molar-refractivity contribution >= 4 is 50.4 Å². The molecule has 0 bridgehead atoms. The first-order chi connectivity index (χ1) is 13.3. The van der Waals surface area contributed by atoms with Crippen molar-refractivity contribution in [2.45, 2.75) is 6.54 Å². The number of aromatic nitrogens is 1. The van der Waals surface area contributed by atoms with Gasteiger partial charge in [0, 0.05) is 30.8 Å². The molecule has 9 nitrogen and oxygen atoms in total. The van der Waals surface area contributed by atoms with Crippen LogP contribution in [0.3, 0.4) is 0 Å². The number of rotatable bonds is 5. The van der Waals surface area contributed by atoms with Crippen LogP contribution < -0.4 is 4.80 Å². The number of nitro benzene ring substituents is 2. The van der Waals surface area contributed by atoms with E-state index in [1.165, 1.54) is 24.3 Å². The topological polar surface area (TPSA) is 121 Å². The Labute approximate surface area is 166 Å². The lowest BCUT2D eigenvalue weighted by Gasteiger charge is -2.02. The van der Waals surface area contributed by atoms with Crippen LogP contribution in [0.1, 0.15) is 10.4 Å². The van der Waals surface area contributed by atoms with E-state index >= 15 is 0 Å². The number of hydrogen-bond acceptors (Lipinski definition) is 6. The monoisotopic (exact) mass is 418 g/mol. The Morgan fingerprint density at radius 1 is 1.18 bits per heavy atom. The number of nitro groups is 2. The minimum absolute atomic E-state index is 0.0337. The van der Waals surface area contributed by atoms with E-state index in [1.807, 2.05) is 0 Å². The van der Waals surface area contributed by atoms with Gasteiger partial charge < -0.3 is 4.57 Å². The van der Waals surface area contributed by atoms with Gasteiger partial charge in [-0.05, 0) is 12.1 Å². The van der Waals surface area contributed by atoms with Crippen molar-refractivity contribution in [3.63, 3.8) is 0 Å². The van der Waals surface area contributed by atoms with Gasteiger partial charge in [-0.3, -0.25) is 25.0 Å². The molecule has 2 aromatic carbocycles. The molecular formula is C17H11ClN4O5S. The molecule has 0 aliphatic carbocycles. The highest BCUT2D eigenvalue weighted by atomic mass is 35.5. The zero-order chi connectivity index (χ0) is 20.4. The first-order valence-corrected chi connectivity index (χ1v) is 8.93. The molecule has 3 rings (SSSR count). The van der Waals surface area contributed by atoms with E-state index in [-0.39, 0.29) is 26.8 Å². The number of hydrogen-bond donors (Lipinski definition) is 0. The summed E-state index contributed by atoms with van der Waals surface area (Å²) in [6.07, 6.45) is 1.59. The molecule has 1 heterocycles. The zero-order valence-corrected chi connectivity index (χ0v) is 15.6. The minimum Gasteiger partial charge on any atom is -0.312 e. The summed E-state index contributed by atoms with van der Waals surface area (Å²) in [5, 5.41) is 22.0. The van der Waals surface area contributed by atoms with E-state index in [0.29, 0.717) is 16.8 Å². The number of fused-ring (bicyclic) bond motifs is 1. The fourth-order valence-electron chi connectivity index (χ4n) is 2.50. The Balaban J connectivity index is 2.17. The van der Waals surface area contributed by atoms with Crippen molar-refractivity contribution in [3.05, 3.63) is 84.7 Å². The van der Waals surface area contributed by atoms with Crippen LogP contribution >= 0.6 is 22.9 Å². The van der Waals surface area contributed by atoms with Crippen LogP contribution in [0, 0.1) is 20.2 Å². The van der Waals surface area contributed by atoms with E-state index in [2.05, 4.69) is 11.6 Å². The lowest BCUT2D eigenvalue weighted by atomic mass is 10.2. The Morgan fingerprint density at radius 3 is 2.46 bits per heavy atom. The van der Waals surface area contributed by atoms with Crippen LogP contribution in [-0.2, 0) is 6.54 Å². The van der Waals surface area contributed by atoms with Gasteiger partial charge >= 0.3 is 0 Å². The maximum Gasteiger partial charge on any atom is 0.281 e. The predicted octanol–water partition coefficient (Wildman–Crippen LogP) is 4.10. The molecule has 0 fully saturated rings. The maximum absolute atomic E-state index is 12.6. The van der Waals surface area contributed by atoms with Gasteiger partial charge in [-0.2, -0.15) is 4.99 Å². The Bertz CT molecular complexity index is 1210. The van der Waals surface area contributed by atoms with Gasteiger partial charge in [-0.15, -0.1) is 6.58 Å². The van der Waals surface area contributed by atoms with E-state index in [4.69, 9.17) is 11.6 Å². The van der Waals surface area contributed by atoms with Gasteiger partial charge in [-0.25, -0.2) is 0 Å². The standard InChI is InChI=1S/C17H11ClN4O5S/c1-2-7-20-14-6-4-11(22(26)27)9-15(14)28-17(20)19-16(23)12-8-10(21(24)25)3-5-13(12)18/h2-6,8-9H,1,7H2. The molecule has 3 aromatic rings. The predicted molar refractivity (Wildman–Crippen MR) is 105 cm³/mol. The molecule has 0 aliphatic heterocycles. The molecule has 1 amide bonds. The summed E-state index contributed by atoms with van der Waals surface area (Å²) in [4.78, 5) is 37.7. The number of allylic oxidation sites excluding steroid dienone is 1. The second-order valence-electron chi connectivity index (χ2n) is 5.53. The minimum atomic E-state index is -0.757. The average Bonchev–Trinajstić information content (AvgIpc) is 2.98. The molecular weight excluding hydrogens is 408 g/mol. The summed E-state index contributed by atoms with van der Waals surface area (Å²) in [5.74, 6) is -0.757. The number of thiazole rings is 1. The quantitative estimate of drug-likeness (QED) is 0.351. The van der Waals surface area contributed by atoms with Gasteiger partial charge in [0.25, 0.3) is 17.3 Å². The normalized spacial score (nSPS) is 11.5. The van der Waals surface area contributed by atoms with Crippen LogP contribution in [0.15, 0.2) is 54.0 Å².